The number of benzene rings is 1. The molecule has 1 aromatic carbocycles. The highest BCUT2D eigenvalue weighted by Crippen LogP contribution is 2.37. The van der Waals surface area contributed by atoms with Crippen LogP contribution in [0.25, 0.3) is 0 Å². The first-order chi connectivity index (χ1) is 14.0. The summed E-state index contributed by atoms with van der Waals surface area (Å²) in [6, 6.07) is 4.65. The second-order valence-electron chi connectivity index (χ2n) is 11.2. The van der Waals surface area contributed by atoms with Gasteiger partial charge < -0.3 is 18.5 Å². The van der Waals surface area contributed by atoms with E-state index < -0.39 is 51.7 Å². The highest BCUT2D eigenvalue weighted by molar-refractivity contribution is 6.62. The van der Waals surface area contributed by atoms with Crippen LogP contribution in [0, 0.1) is 5.82 Å². The third-order valence-electron chi connectivity index (χ3n) is 6.27. The number of rotatable bonds is 5. The second kappa shape index (κ2) is 7.86. The predicted molar refractivity (Wildman–Crippen MR) is 123 cm³/mol. The van der Waals surface area contributed by atoms with Crippen molar-refractivity contribution in [1.29, 1.82) is 0 Å². The molecule has 31 heavy (non-hydrogen) atoms. The lowest BCUT2D eigenvalue weighted by molar-refractivity contribution is -0.0133. The quantitative estimate of drug-likeness (QED) is 0.641. The Kier molecular flexibility index (Phi) is 6.15. The molecule has 6 nitrogen and oxygen atoms in total. The maximum atomic E-state index is 15.0. The number of halogens is 1. The molecule has 1 amide bonds. The molecule has 0 aliphatic carbocycles. The van der Waals surface area contributed by atoms with Gasteiger partial charge in [0.05, 0.1) is 29.0 Å². The van der Waals surface area contributed by atoms with Crippen molar-refractivity contribution in [2.75, 3.05) is 11.4 Å². The zero-order valence-corrected chi connectivity index (χ0v) is 21.6. The van der Waals surface area contributed by atoms with E-state index in [1.807, 2.05) is 41.5 Å². The molecule has 3 rings (SSSR count). The fourth-order valence-electron chi connectivity index (χ4n) is 3.38. The summed E-state index contributed by atoms with van der Waals surface area (Å²) in [4.78, 5) is 14.0. The third-order valence-corrected chi connectivity index (χ3v) is 8.02. The van der Waals surface area contributed by atoms with Crippen LogP contribution >= 0.6 is 0 Å². The van der Waals surface area contributed by atoms with Gasteiger partial charge in [-0.1, -0.05) is 26.8 Å². The molecule has 2 aliphatic rings. The van der Waals surface area contributed by atoms with E-state index in [9.17, 15) is 4.79 Å². The molecular formula is C22H35BFNO5Si. The maximum absolute atomic E-state index is 15.0. The Bertz CT molecular complexity index is 839. The smallest absolute Gasteiger partial charge is 0.441 e. The minimum absolute atomic E-state index is 0.131. The van der Waals surface area contributed by atoms with Crippen LogP contribution in [0.3, 0.4) is 0 Å². The van der Waals surface area contributed by atoms with Gasteiger partial charge >= 0.3 is 13.2 Å². The molecular weight excluding hydrogens is 416 g/mol. The van der Waals surface area contributed by atoms with Gasteiger partial charge in [-0.2, -0.15) is 0 Å². The van der Waals surface area contributed by atoms with Gasteiger partial charge in [-0.3, -0.25) is 4.90 Å². The van der Waals surface area contributed by atoms with Gasteiger partial charge in [-0.15, -0.1) is 0 Å². The summed E-state index contributed by atoms with van der Waals surface area (Å²) in [6.45, 7) is 18.3. The van der Waals surface area contributed by atoms with Crippen LogP contribution in [0.5, 0.6) is 0 Å². The molecule has 2 saturated heterocycles. The second-order valence-corrected chi connectivity index (χ2v) is 13.9. The summed E-state index contributed by atoms with van der Waals surface area (Å²) in [6.07, 6.45) is -0.928. The zero-order valence-electron chi connectivity index (χ0n) is 20.2. The van der Waals surface area contributed by atoms with Crippen molar-refractivity contribution < 1.29 is 27.7 Å². The first-order valence-electron chi connectivity index (χ1n) is 10.8. The van der Waals surface area contributed by atoms with Crippen LogP contribution in [0.15, 0.2) is 18.2 Å². The van der Waals surface area contributed by atoms with E-state index in [0.717, 1.165) is 0 Å². The minimum atomic E-state index is -0.822. The van der Waals surface area contributed by atoms with Crippen LogP contribution < -0.4 is 10.4 Å². The van der Waals surface area contributed by atoms with Gasteiger partial charge in [-0.05, 0) is 58.7 Å². The molecule has 1 atom stereocenters. The molecule has 0 spiro atoms. The number of nitrogens with zero attached hydrogens (tertiary/aromatic N) is 1. The first kappa shape index (κ1) is 24.2. The Labute approximate surface area is 187 Å². The topological polar surface area (TPSA) is 57.2 Å². The lowest BCUT2D eigenvalue weighted by Gasteiger charge is -2.33. The summed E-state index contributed by atoms with van der Waals surface area (Å²) in [5, 5.41) is 0.131. The molecule has 0 bridgehead atoms. The molecule has 0 saturated carbocycles. The number of hydrogen-bond donors (Lipinski definition) is 0. The largest absolute Gasteiger partial charge is 0.497 e. The molecule has 2 aliphatic heterocycles. The fraction of sp³-hybridized carbons (Fsp3) is 0.682. The predicted octanol–water partition coefficient (Wildman–Crippen LogP) is 3.55. The molecule has 0 N–H and O–H groups in total. The van der Waals surface area contributed by atoms with Crippen LogP contribution in [0.4, 0.5) is 14.9 Å². The number of carbonyl (C=O) groups is 1. The van der Waals surface area contributed by atoms with Crippen molar-refractivity contribution in [1.82, 2.24) is 0 Å². The Morgan fingerprint density at radius 1 is 1.13 bits per heavy atom. The number of ether oxygens (including phenoxy) is 1. The summed E-state index contributed by atoms with van der Waals surface area (Å²) < 4.78 is 38.7. The van der Waals surface area contributed by atoms with Crippen LogP contribution in [0.2, 0.25) is 5.04 Å². The number of carbonyl (C=O) groups excluding carboxylic acids is 1. The van der Waals surface area contributed by atoms with Crippen molar-refractivity contribution >= 4 is 34.1 Å². The minimum Gasteiger partial charge on any atom is -0.441 e. The van der Waals surface area contributed by atoms with Gasteiger partial charge in [0.25, 0.3) is 0 Å². The molecule has 2 fully saturated rings. The van der Waals surface area contributed by atoms with Crippen molar-refractivity contribution in [3.05, 3.63) is 24.0 Å². The van der Waals surface area contributed by atoms with E-state index in [2.05, 4.69) is 20.8 Å². The summed E-state index contributed by atoms with van der Waals surface area (Å²) in [7, 11) is -1.62. The molecule has 2 heterocycles. The number of anilines is 1. The van der Waals surface area contributed by atoms with E-state index in [4.69, 9.17) is 18.5 Å². The highest BCUT2D eigenvalue weighted by Gasteiger charge is 2.52. The third kappa shape index (κ3) is 5.00. The van der Waals surface area contributed by atoms with E-state index in [1.54, 1.807) is 12.1 Å². The SMILES string of the molecule is CC(C)(C)[SiH2]OC(C)(C)[C@H]1CN(c2ccc(B3OC(C)(C)C(C)(C)O3)c(F)c2)C(=O)O1. The summed E-state index contributed by atoms with van der Waals surface area (Å²) >= 11 is 0. The molecule has 1 aromatic rings. The van der Waals surface area contributed by atoms with Gasteiger partial charge in [0.2, 0.25) is 0 Å². The highest BCUT2D eigenvalue weighted by atomic mass is 28.2. The molecule has 172 valence electrons. The number of hydrogen-bond acceptors (Lipinski definition) is 5. The van der Waals surface area contributed by atoms with Crippen molar-refractivity contribution in [2.45, 2.75) is 90.3 Å². The zero-order chi connectivity index (χ0) is 23.4. The molecule has 0 aromatic heterocycles. The molecule has 0 radical (unpaired) electrons. The van der Waals surface area contributed by atoms with Gasteiger partial charge in [-0.25, -0.2) is 9.18 Å². The number of amides is 1. The van der Waals surface area contributed by atoms with Crippen LogP contribution in [-0.4, -0.2) is 52.4 Å². The standard InChI is InChI=1S/C22H35BFNO5Si/c1-19(2,3)31-30-20(4,5)17-13-25(18(26)27-17)14-10-11-15(16(24)12-14)23-28-21(6,7)22(8,9)29-23/h10-12,17H,13,31H2,1-9H3/t17-/m1/s1. The van der Waals surface area contributed by atoms with Crippen molar-refractivity contribution in [3.8, 4) is 0 Å². The normalized spacial score (nSPS) is 23.8. The van der Waals surface area contributed by atoms with E-state index in [-0.39, 0.29) is 5.04 Å². The maximum Gasteiger partial charge on any atom is 0.497 e. The van der Waals surface area contributed by atoms with Gasteiger partial charge in [0.1, 0.15) is 11.9 Å². The van der Waals surface area contributed by atoms with E-state index >= 15 is 4.39 Å². The lowest BCUT2D eigenvalue weighted by Crippen LogP contribution is -2.44. The van der Waals surface area contributed by atoms with Crippen molar-refractivity contribution in [2.24, 2.45) is 0 Å². The van der Waals surface area contributed by atoms with Crippen molar-refractivity contribution in [3.63, 3.8) is 0 Å². The average Bonchev–Trinajstić information content (AvgIpc) is 3.10. The Morgan fingerprint density at radius 2 is 1.71 bits per heavy atom. The fourth-order valence-corrected chi connectivity index (χ4v) is 4.37. The Hall–Kier alpha value is -1.42. The van der Waals surface area contributed by atoms with Gasteiger partial charge in [0.15, 0.2) is 9.76 Å². The Balaban J connectivity index is 1.74. The summed E-state index contributed by atoms with van der Waals surface area (Å²) in [5.74, 6) is -0.483. The Morgan fingerprint density at radius 3 is 2.23 bits per heavy atom. The monoisotopic (exact) mass is 451 g/mol. The van der Waals surface area contributed by atoms with E-state index in [1.165, 1.54) is 11.0 Å². The first-order valence-corrected chi connectivity index (χ1v) is 12.1. The van der Waals surface area contributed by atoms with E-state index in [0.29, 0.717) is 17.7 Å². The average molecular weight is 451 g/mol. The van der Waals surface area contributed by atoms with Crippen LogP contribution in [0.1, 0.15) is 62.3 Å². The molecule has 9 heteroatoms. The van der Waals surface area contributed by atoms with Crippen LogP contribution in [-0.2, 0) is 18.5 Å². The summed E-state index contributed by atoms with van der Waals surface area (Å²) in [5.41, 5.74) is -0.973. The lowest BCUT2D eigenvalue weighted by atomic mass is 9.78. The van der Waals surface area contributed by atoms with Gasteiger partial charge in [0, 0.05) is 5.46 Å². The molecule has 0 unspecified atom stereocenters. The number of cyclic esters (lactones) is 1.